The number of benzene rings is 1. The van der Waals surface area contributed by atoms with E-state index in [2.05, 4.69) is 4.72 Å². The Hall–Kier alpha value is -1.93. The second-order valence-corrected chi connectivity index (χ2v) is 6.34. The number of hydrogen-bond donors (Lipinski definition) is 2. The molecular formula is C14H20N2O5S. The van der Waals surface area contributed by atoms with Crippen molar-refractivity contribution < 1.29 is 23.1 Å². The zero-order chi connectivity index (χ0) is 16.6. The van der Waals surface area contributed by atoms with E-state index >= 15 is 0 Å². The lowest BCUT2D eigenvalue weighted by Gasteiger charge is -2.20. The van der Waals surface area contributed by atoms with Crippen molar-refractivity contribution >= 4 is 21.9 Å². The molecule has 122 valence electrons. The number of carboxylic acid groups (broad SMARTS) is 1. The van der Waals surface area contributed by atoms with Crippen LogP contribution < -0.4 is 4.72 Å². The third-order valence-electron chi connectivity index (χ3n) is 3.01. The van der Waals surface area contributed by atoms with Gasteiger partial charge in [-0.1, -0.05) is 18.2 Å². The van der Waals surface area contributed by atoms with Crippen LogP contribution >= 0.6 is 0 Å². The van der Waals surface area contributed by atoms with Gasteiger partial charge in [-0.15, -0.1) is 0 Å². The third kappa shape index (κ3) is 5.82. The molecule has 2 N–H and O–H groups in total. The minimum absolute atomic E-state index is 0.0144. The van der Waals surface area contributed by atoms with Crippen molar-refractivity contribution in [2.75, 3.05) is 19.6 Å². The van der Waals surface area contributed by atoms with E-state index in [1.54, 1.807) is 25.1 Å². The van der Waals surface area contributed by atoms with Gasteiger partial charge in [-0.05, 0) is 19.1 Å². The summed E-state index contributed by atoms with van der Waals surface area (Å²) in [6.07, 6.45) is -0.144. The molecule has 0 bridgehead atoms. The summed E-state index contributed by atoms with van der Waals surface area (Å²) in [5, 5.41) is 8.62. The molecule has 0 aliphatic heterocycles. The summed E-state index contributed by atoms with van der Waals surface area (Å²) in [5.74, 6) is -1.25. The number of rotatable bonds is 9. The Morgan fingerprint density at radius 3 is 2.36 bits per heavy atom. The second kappa shape index (κ2) is 8.50. The summed E-state index contributed by atoms with van der Waals surface area (Å²) in [7, 11) is -3.63. The zero-order valence-electron chi connectivity index (χ0n) is 12.4. The number of carboxylic acids is 1. The third-order valence-corrected chi connectivity index (χ3v) is 4.49. The van der Waals surface area contributed by atoms with Gasteiger partial charge in [0.1, 0.15) is 0 Å². The molecule has 0 heterocycles. The summed E-state index contributed by atoms with van der Waals surface area (Å²) in [6.45, 7) is 2.22. The number of nitrogens with zero attached hydrogens (tertiary/aromatic N) is 1. The number of carbonyl (C=O) groups excluding carboxylic acids is 1. The maximum Gasteiger partial charge on any atom is 0.305 e. The van der Waals surface area contributed by atoms with Gasteiger partial charge in [0, 0.05) is 26.1 Å². The topological polar surface area (TPSA) is 104 Å². The maximum absolute atomic E-state index is 12.0. The standard InChI is InChI=1S/C14H20N2O5S/c1-2-16(11-9-14(18)19)13(17)8-10-15-22(20,21)12-6-4-3-5-7-12/h3-7,15H,2,8-11H2,1H3,(H,18,19). The molecule has 7 nitrogen and oxygen atoms in total. The Morgan fingerprint density at radius 1 is 1.18 bits per heavy atom. The zero-order valence-corrected chi connectivity index (χ0v) is 13.2. The van der Waals surface area contributed by atoms with Gasteiger partial charge >= 0.3 is 5.97 Å². The van der Waals surface area contributed by atoms with Crippen LogP contribution in [0.1, 0.15) is 19.8 Å². The van der Waals surface area contributed by atoms with E-state index in [0.717, 1.165) is 0 Å². The Bertz CT molecular complexity index is 601. The van der Waals surface area contributed by atoms with Crippen LogP contribution in [0.3, 0.4) is 0 Å². The summed E-state index contributed by atoms with van der Waals surface area (Å²) in [4.78, 5) is 24.0. The predicted molar refractivity (Wildman–Crippen MR) is 80.8 cm³/mol. The van der Waals surface area contributed by atoms with Gasteiger partial charge in [0.15, 0.2) is 0 Å². The van der Waals surface area contributed by atoms with Crippen LogP contribution in [-0.4, -0.2) is 49.9 Å². The first-order valence-corrected chi connectivity index (χ1v) is 8.39. The number of amides is 1. The lowest BCUT2D eigenvalue weighted by Crippen LogP contribution is -2.35. The van der Waals surface area contributed by atoms with E-state index < -0.39 is 16.0 Å². The minimum atomic E-state index is -3.63. The van der Waals surface area contributed by atoms with Gasteiger partial charge in [-0.3, -0.25) is 9.59 Å². The van der Waals surface area contributed by atoms with E-state index in [1.165, 1.54) is 17.0 Å². The van der Waals surface area contributed by atoms with Gasteiger partial charge in [0.05, 0.1) is 11.3 Å². The molecule has 1 aromatic carbocycles. The molecule has 0 atom stereocenters. The monoisotopic (exact) mass is 328 g/mol. The highest BCUT2D eigenvalue weighted by atomic mass is 32.2. The first-order chi connectivity index (χ1) is 10.4. The molecule has 0 saturated carbocycles. The normalized spacial score (nSPS) is 11.1. The lowest BCUT2D eigenvalue weighted by atomic mass is 10.3. The number of nitrogens with one attached hydrogen (secondary N) is 1. The van der Waals surface area contributed by atoms with Crippen molar-refractivity contribution in [1.82, 2.24) is 9.62 Å². The quantitative estimate of drug-likeness (QED) is 0.694. The molecule has 0 aromatic heterocycles. The number of aliphatic carboxylic acids is 1. The van der Waals surface area contributed by atoms with E-state index in [1.807, 2.05) is 0 Å². The van der Waals surface area contributed by atoms with Gasteiger partial charge in [-0.25, -0.2) is 13.1 Å². The van der Waals surface area contributed by atoms with Crippen LogP contribution in [0.25, 0.3) is 0 Å². The fourth-order valence-corrected chi connectivity index (χ4v) is 2.88. The van der Waals surface area contributed by atoms with Crippen LogP contribution in [0.4, 0.5) is 0 Å². The summed E-state index contributed by atoms with van der Waals surface area (Å²) in [5.41, 5.74) is 0. The van der Waals surface area contributed by atoms with Gasteiger partial charge in [-0.2, -0.15) is 0 Å². The molecule has 0 radical (unpaired) electrons. The van der Waals surface area contributed by atoms with Crippen LogP contribution in [0.2, 0.25) is 0 Å². The fraction of sp³-hybridized carbons (Fsp3) is 0.429. The average Bonchev–Trinajstić information content (AvgIpc) is 2.48. The second-order valence-electron chi connectivity index (χ2n) is 4.58. The summed E-state index contributed by atoms with van der Waals surface area (Å²) >= 11 is 0. The average molecular weight is 328 g/mol. The molecule has 1 aromatic rings. The molecular weight excluding hydrogens is 308 g/mol. The van der Waals surface area contributed by atoms with Crippen LogP contribution in [-0.2, 0) is 19.6 Å². The number of sulfonamides is 1. The lowest BCUT2D eigenvalue weighted by molar-refractivity contribution is -0.138. The fourth-order valence-electron chi connectivity index (χ4n) is 1.82. The first kappa shape index (κ1) is 18.1. The van der Waals surface area contributed by atoms with Crippen molar-refractivity contribution in [2.45, 2.75) is 24.7 Å². The highest BCUT2D eigenvalue weighted by Gasteiger charge is 2.16. The first-order valence-electron chi connectivity index (χ1n) is 6.91. The Morgan fingerprint density at radius 2 is 1.82 bits per heavy atom. The molecule has 0 spiro atoms. The number of carbonyl (C=O) groups is 2. The molecule has 0 saturated heterocycles. The summed E-state index contributed by atoms with van der Waals surface area (Å²) < 4.78 is 26.3. The van der Waals surface area contributed by atoms with Crippen molar-refractivity contribution in [3.8, 4) is 0 Å². The van der Waals surface area contributed by atoms with Crippen LogP contribution in [0.15, 0.2) is 35.2 Å². The Balaban J connectivity index is 2.48. The molecule has 0 aliphatic carbocycles. The molecule has 0 unspecified atom stereocenters. The van der Waals surface area contributed by atoms with Crippen molar-refractivity contribution in [3.63, 3.8) is 0 Å². The van der Waals surface area contributed by atoms with Gasteiger partial charge in [0.25, 0.3) is 0 Å². The molecule has 8 heteroatoms. The largest absolute Gasteiger partial charge is 0.481 e. The highest BCUT2D eigenvalue weighted by molar-refractivity contribution is 7.89. The molecule has 22 heavy (non-hydrogen) atoms. The van der Waals surface area contributed by atoms with E-state index in [9.17, 15) is 18.0 Å². The predicted octanol–water partition coefficient (Wildman–Crippen LogP) is 0.678. The summed E-state index contributed by atoms with van der Waals surface area (Å²) in [6, 6.07) is 7.88. The van der Waals surface area contributed by atoms with Crippen LogP contribution in [0.5, 0.6) is 0 Å². The SMILES string of the molecule is CCN(CCC(=O)O)C(=O)CCNS(=O)(=O)c1ccccc1. The molecule has 1 rings (SSSR count). The van der Waals surface area contributed by atoms with E-state index in [0.29, 0.717) is 6.54 Å². The molecule has 1 amide bonds. The number of hydrogen-bond acceptors (Lipinski definition) is 4. The van der Waals surface area contributed by atoms with E-state index in [-0.39, 0.29) is 36.7 Å². The Labute approximate surface area is 130 Å². The smallest absolute Gasteiger partial charge is 0.305 e. The minimum Gasteiger partial charge on any atom is -0.481 e. The molecule has 0 aliphatic rings. The van der Waals surface area contributed by atoms with Gasteiger partial charge < -0.3 is 10.0 Å². The van der Waals surface area contributed by atoms with Crippen molar-refractivity contribution in [1.29, 1.82) is 0 Å². The van der Waals surface area contributed by atoms with Crippen molar-refractivity contribution in [2.24, 2.45) is 0 Å². The van der Waals surface area contributed by atoms with Crippen LogP contribution in [0, 0.1) is 0 Å². The maximum atomic E-state index is 12.0. The van der Waals surface area contributed by atoms with E-state index in [4.69, 9.17) is 5.11 Å². The highest BCUT2D eigenvalue weighted by Crippen LogP contribution is 2.07. The van der Waals surface area contributed by atoms with Crippen molar-refractivity contribution in [3.05, 3.63) is 30.3 Å². The molecule has 0 fully saturated rings. The Kier molecular flexibility index (Phi) is 7.00. The van der Waals surface area contributed by atoms with Gasteiger partial charge in [0.2, 0.25) is 15.9 Å².